The van der Waals surface area contributed by atoms with E-state index in [9.17, 15) is 8.42 Å². The summed E-state index contributed by atoms with van der Waals surface area (Å²) in [4.78, 5) is -0.0255. The van der Waals surface area contributed by atoms with Crippen molar-refractivity contribution in [2.75, 3.05) is 11.5 Å². The van der Waals surface area contributed by atoms with Crippen molar-refractivity contribution < 1.29 is 12.6 Å². The van der Waals surface area contributed by atoms with Crippen LogP contribution in [0, 0.1) is 6.92 Å². The minimum Gasteiger partial charge on any atom is -0.397 e. The Morgan fingerprint density at radius 1 is 1.00 bits per heavy atom. The maximum atomic E-state index is 12.1. The van der Waals surface area contributed by atoms with Gasteiger partial charge in [0.05, 0.1) is 11.4 Å². The fourth-order valence-electron chi connectivity index (χ4n) is 1.52. The number of hydrogen-bond acceptors (Lipinski definition) is 5. The highest BCUT2D eigenvalue weighted by molar-refractivity contribution is 7.87. The van der Waals surface area contributed by atoms with Gasteiger partial charge in [0, 0.05) is 0 Å². The van der Waals surface area contributed by atoms with Crippen molar-refractivity contribution in [2.24, 2.45) is 0 Å². The monoisotopic (exact) mass is 278 g/mol. The Kier molecular flexibility index (Phi) is 3.35. The summed E-state index contributed by atoms with van der Waals surface area (Å²) < 4.78 is 29.3. The van der Waals surface area contributed by atoms with Gasteiger partial charge in [-0.05, 0) is 36.8 Å². The molecule has 0 amide bonds. The lowest BCUT2D eigenvalue weighted by molar-refractivity contribution is 0.484. The van der Waals surface area contributed by atoms with Crippen LogP contribution < -0.4 is 15.7 Å². The molecule has 100 valence electrons. The molecule has 0 saturated heterocycles. The van der Waals surface area contributed by atoms with Gasteiger partial charge < -0.3 is 15.7 Å². The van der Waals surface area contributed by atoms with Crippen LogP contribution in [0.4, 0.5) is 11.4 Å². The molecular formula is C13H14N2O3S. The quantitative estimate of drug-likeness (QED) is 0.660. The predicted octanol–water partition coefficient (Wildman–Crippen LogP) is 1.93. The summed E-state index contributed by atoms with van der Waals surface area (Å²) in [6, 6.07) is 10.9. The van der Waals surface area contributed by atoms with Gasteiger partial charge in [-0.2, -0.15) is 8.42 Å². The lowest BCUT2D eigenvalue weighted by atomic mass is 10.2. The molecule has 5 nitrogen and oxygen atoms in total. The van der Waals surface area contributed by atoms with Crippen molar-refractivity contribution >= 4 is 21.5 Å². The molecule has 0 saturated carbocycles. The van der Waals surface area contributed by atoms with Gasteiger partial charge in [-0.15, -0.1) is 0 Å². The molecule has 0 bridgehead atoms. The molecule has 0 aromatic heterocycles. The van der Waals surface area contributed by atoms with Crippen molar-refractivity contribution in [2.45, 2.75) is 11.8 Å². The van der Waals surface area contributed by atoms with Crippen LogP contribution in [-0.2, 0) is 10.1 Å². The Balaban J connectivity index is 2.38. The molecule has 0 radical (unpaired) electrons. The van der Waals surface area contributed by atoms with Crippen LogP contribution >= 0.6 is 0 Å². The van der Waals surface area contributed by atoms with E-state index >= 15 is 0 Å². The van der Waals surface area contributed by atoms with E-state index in [-0.39, 0.29) is 16.3 Å². The van der Waals surface area contributed by atoms with Crippen LogP contribution in [0.5, 0.6) is 5.75 Å². The molecule has 2 aromatic carbocycles. The van der Waals surface area contributed by atoms with Gasteiger partial charge in [-0.1, -0.05) is 18.2 Å². The zero-order valence-corrected chi connectivity index (χ0v) is 11.1. The largest absolute Gasteiger partial charge is 0.397 e. The van der Waals surface area contributed by atoms with Gasteiger partial charge in [0.25, 0.3) is 0 Å². The summed E-state index contributed by atoms with van der Waals surface area (Å²) in [6.07, 6.45) is 0. The second-order valence-corrected chi connectivity index (χ2v) is 5.64. The topological polar surface area (TPSA) is 95.4 Å². The van der Waals surface area contributed by atoms with Crippen LogP contribution in [0.2, 0.25) is 0 Å². The second kappa shape index (κ2) is 4.81. The summed E-state index contributed by atoms with van der Waals surface area (Å²) in [5.41, 5.74) is 12.4. The Hall–Kier alpha value is -2.21. The van der Waals surface area contributed by atoms with Crippen molar-refractivity contribution in [3.8, 4) is 5.75 Å². The van der Waals surface area contributed by atoms with E-state index in [1.54, 1.807) is 31.2 Å². The minimum absolute atomic E-state index is 0.0255. The van der Waals surface area contributed by atoms with E-state index in [1.165, 1.54) is 18.2 Å². The Morgan fingerprint density at radius 3 is 2.32 bits per heavy atom. The average molecular weight is 278 g/mol. The third-order valence-electron chi connectivity index (χ3n) is 2.64. The van der Waals surface area contributed by atoms with E-state index in [0.717, 1.165) is 5.56 Å². The summed E-state index contributed by atoms with van der Waals surface area (Å²) in [5, 5.41) is 0. The first-order valence-electron chi connectivity index (χ1n) is 5.55. The zero-order valence-electron chi connectivity index (χ0n) is 10.3. The minimum atomic E-state index is -3.91. The molecule has 0 aliphatic heterocycles. The number of benzene rings is 2. The smallest absolute Gasteiger partial charge is 0.339 e. The molecule has 6 heteroatoms. The standard InChI is InChI=1S/C13H14N2O3S/c1-9-4-2-3-5-13(9)18-19(16,17)10-6-7-11(14)12(15)8-10/h2-8H,14-15H2,1H3. The van der Waals surface area contributed by atoms with Gasteiger partial charge in [0.15, 0.2) is 0 Å². The first-order valence-corrected chi connectivity index (χ1v) is 6.96. The summed E-state index contributed by atoms with van der Waals surface area (Å²) in [5.74, 6) is 0.290. The molecule has 19 heavy (non-hydrogen) atoms. The van der Waals surface area contributed by atoms with E-state index in [2.05, 4.69) is 0 Å². The number of para-hydroxylation sites is 1. The van der Waals surface area contributed by atoms with Crippen LogP contribution in [0.15, 0.2) is 47.4 Å². The Bertz CT molecular complexity index is 712. The highest BCUT2D eigenvalue weighted by Gasteiger charge is 2.18. The molecule has 0 spiro atoms. The Labute approximate surface area is 111 Å². The third kappa shape index (κ3) is 2.79. The summed E-state index contributed by atoms with van der Waals surface area (Å²) >= 11 is 0. The first-order chi connectivity index (χ1) is 8.90. The maximum absolute atomic E-state index is 12.1. The highest BCUT2D eigenvalue weighted by Crippen LogP contribution is 2.25. The molecule has 0 unspecified atom stereocenters. The number of nitrogen functional groups attached to an aromatic ring is 2. The fraction of sp³-hybridized carbons (Fsp3) is 0.0769. The van der Waals surface area contributed by atoms with Crippen molar-refractivity contribution in [3.05, 3.63) is 48.0 Å². The van der Waals surface area contributed by atoms with Gasteiger partial charge in [-0.3, -0.25) is 0 Å². The Morgan fingerprint density at radius 2 is 1.68 bits per heavy atom. The lowest BCUT2D eigenvalue weighted by Crippen LogP contribution is -2.11. The van der Waals surface area contributed by atoms with Crippen molar-refractivity contribution in [1.82, 2.24) is 0 Å². The molecule has 0 heterocycles. The van der Waals surface area contributed by atoms with Gasteiger partial charge in [0.2, 0.25) is 0 Å². The van der Waals surface area contributed by atoms with Crippen molar-refractivity contribution in [3.63, 3.8) is 0 Å². The zero-order chi connectivity index (χ0) is 14.0. The molecule has 2 rings (SSSR count). The third-order valence-corrected chi connectivity index (χ3v) is 3.87. The molecule has 0 fully saturated rings. The molecule has 0 atom stereocenters. The fourth-order valence-corrected chi connectivity index (χ4v) is 2.55. The van der Waals surface area contributed by atoms with Crippen LogP contribution in [0.25, 0.3) is 0 Å². The number of hydrogen-bond donors (Lipinski definition) is 2. The number of rotatable bonds is 3. The second-order valence-electron chi connectivity index (χ2n) is 4.09. The SMILES string of the molecule is Cc1ccccc1OS(=O)(=O)c1ccc(N)c(N)c1. The number of aryl methyl sites for hydroxylation is 1. The van der Waals surface area contributed by atoms with Crippen molar-refractivity contribution in [1.29, 1.82) is 0 Å². The normalized spacial score (nSPS) is 11.2. The van der Waals surface area contributed by atoms with Crippen LogP contribution in [0.1, 0.15) is 5.56 Å². The summed E-state index contributed by atoms with van der Waals surface area (Å²) in [6.45, 7) is 1.77. The van der Waals surface area contributed by atoms with Gasteiger partial charge in [-0.25, -0.2) is 0 Å². The predicted molar refractivity (Wildman–Crippen MR) is 74.3 cm³/mol. The molecule has 0 aliphatic rings. The van der Waals surface area contributed by atoms with E-state index in [1.807, 2.05) is 0 Å². The highest BCUT2D eigenvalue weighted by atomic mass is 32.2. The molecule has 2 aromatic rings. The molecular weight excluding hydrogens is 264 g/mol. The number of anilines is 2. The van der Waals surface area contributed by atoms with Gasteiger partial charge >= 0.3 is 10.1 Å². The lowest BCUT2D eigenvalue weighted by Gasteiger charge is -2.10. The van der Waals surface area contributed by atoms with E-state index in [0.29, 0.717) is 5.69 Å². The van der Waals surface area contributed by atoms with Gasteiger partial charge in [0.1, 0.15) is 10.6 Å². The van der Waals surface area contributed by atoms with E-state index in [4.69, 9.17) is 15.7 Å². The summed E-state index contributed by atoms with van der Waals surface area (Å²) in [7, 11) is -3.91. The molecule has 4 N–H and O–H groups in total. The number of nitrogens with two attached hydrogens (primary N) is 2. The average Bonchev–Trinajstić information content (AvgIpc) is 2.35. The first kappa shape index (κ1) is 13.2. The maximum Gasteiger partial charge on any atom is 0.339 e. The molecule has 0 aliphatic carbocycles. The van der Waals surface area contributed by atoms with Crippen LogP contribution in [-0.4, -0.2) is 8.42 Å². The van der Waals surface area contributed by atoms with E-state index < -0.39 is 10.1 Å². The van der Waals surface area contributed by atoms with Crippen LogP contribution in [0.3, 0.4) is 0 Å².